The summed E-state index contributed by atoms with van der Waals surface area (Å²) in [4.78, 5) is 38.0. The SMILES string of the molecule is CCCCCCCCC/C=C\CCCCCCCCCC(=O)OC(COC(=O)CCCCCCCCCC)COC(=O)CCCCCCCCCCCCCCCCCCCCCCC. The van der Waals surface area contributed by atoms with Gasteiger partial charge >= 0.3 is 17.9 Å². The van der Waals surface area contributed by atoms with E-state index in [9.17, 15) is 14.4 Å². The number of ether oxygens (including phenoxy) is 3. The number of hydrogen-bond donors (Lipinski definition) is 0. The van der Waals surface area contributed by atoms with Crippen molar-refractivity contribution in [2.75, 3.05) is 13.2 Å². The van der Waals surface area contributed by atoms with E-state index in [2.05, 4.69) is 32.9 Å². The van der Waals surface area contributed by atoms with Crippen molar-refractivity contribution in [3.8, 4) is 0 Å². The van der Waals surface area contributed by atoms with Gasteiger partial charge in [0, 0.05) is 19.3 Å². The minimum atomic E-state index is -0.765. The second-order valence-corrected chi connectivity index (χ2v) is 19.9. The van der Waals surface area contributed by atoms with Gasteiger partial charge in [-0.05, 0) is 44.9 Å². The molecule has 384 valence electrons. The summed E-state index contributed by atoms with van der Waals surface area (Å²) in [5.74, 6) is -0.853. The van der Waals surface area contributed by atoms with Crippen LogP contribution in [0.2, 0.25) is 0 Å². The maximum absolute atomic E-state index is 12.8. The fourth-order valence-electron chi connectivity index (χ4n) is 8.85. The lowest BCUT2D eigenvalue weighted by atomic mass is 10.0. The second kappa shape index (κ2) is 54.8. The summed E-state index contributed by atoms with van der Waals surface area (Å²) in [7, 11) is 0. The van der Waals surface area contributed by atoms with Crippen LogP contribution in [-0.4, -0.2) is 37.2 Å². The van der Waals surface area contributed by atoms with E-state index in [-0.39, 0.29) is 31.1 Å². The summed E-state index contributed by atoms with van der Waals surface area (Å²) in [6.45, 7) is 6.66. The van der Waals surface area contributed by atoms with Crippen LogP contribution in [0.5, 0.6) is 0 Å². The number of rotatable bonds is 54. The molecule has 0 saturated heterocycles. The van der Waals surface area contributed by atoms with Crippen LogP contribution in [0, 0.1) is 0 Å². The van der Waals surface area contributed by atoms with Crippen molar-refractivity contribution in [2.24, 2.45) is 0 Å². The molecule has 6 heteroatoms. The van der Waals surface area contributed by atoms with Crippen LogP contribution >= 0.6 is 0 Å². The molecule has 6 nitrogen and oxygen atoms in total. The molecule has 0 rings (SSSR count). The summed E-state index contributed by atoms with van der Waals surface area (Å²) in [6.07, 6.45) is 62.2. The molecule has 0 fully saturated rings. The Balaban J connectivity index is 4.17. The Morgan fingerprint density at radius 1 is 0.292 bits per heavy atom. The van der Waals surface area contributed by atoms with E-state index in [0.29, 0.717) is 19.3 Å². The zero-order valence-electron chi connectivity index (χ0n) is 44.0. The van der Waals surface area contributed by atoms with Crippen molar-refractivity contribution in [2.45, 2.75) is 335 Å². The van der Waals surface area contributed by atoms with Crippen molar-refractivity contribution in [3.05, 3.63) is 12.2 Å². The summed E-state index contributed by atoms with van der Waals surface area (Å²) in [5, 5.41) is 0. The number of hydrogen-bond acceptors (Lipinski definition) is 6. The fraction of sp³-hybridized carbons (Fsp3) is 0.915. The van der Waals surface area contributed by atoms with Crippen LogP contribution in [-0.2, 0) is 28.6 Å². The molecule has 0 N–H and O–H groups in total. The van der Waals surface area contributed by atoms with Crippen molar-refractivity contribution in [1.29, 1.82) is 0 Å². The first-order chi connectivity index (χ1) is 32.0. The van der Waals surface area contributed by atoms with Gasteiger partial charge < -0.3 is 14.2 Å². The van der Waals surface area contributed by atoms with E-state index < -0.39 is 6.10 Å². The zero-order chi connectivity index (χ0) is 47.2. The topological polar surface area (TPSA) is 78.9 Å². The van der Waals surface area contributed by atoms with Gasteiger partial charge in [-0.25, -0.2) is 0 Å². The Morgan fingerprint density at radius 2 is 0.508 bits per heavy atom. The van der Waals surface area contributed by atoms with E-state index >= 15 is 0 Å². The van der Waals surface area contributed by atoms with E-state index in [1.807, 2.05) is 0 Å². The third-order valence-electron chi connectivity index (χ3n) is 13.3. The summed E-state index contributed by atoms with van der Waals surface area (Å²) < 4.78 is 16.8. The molecule has 0 aliphatic carbocycles. The molecule has 1 atom stereocenters. The molecule has 0 aliphatic heterocycles. The summed E-state index contributed by atoms with van der Waals surface area (Å²) >= 11 is 0. The predicted molar refractivity (Wildman–Crippen MR) is 280 cm³/mol. The number of allylic oxidation sites excluding steroid dienone is 2. The highest BCUT2D eigenvalue weighted by Gasteiger charge is 2.19. The molecule has 0 aromatic rings. The highest BCUT2D eigenvalue weighted by molar-refractivity contribution is 5.71. The number of unbranched alkanes of at least 4 members (excludes halogenated alkanes) is 41. The van der Waals surface area contributed by atoms with Crippen LogP contribution in [0.25, 0.3) is 0 Å². The Bertz CT molecular complexity index is 1010. The Morgan fingerprint density at radius 3 is 0.769 bits per heavy atom. The van der Waals surface area contributed by atoms with E-state index in [1.54, 1.807) is 0 Å². The smallest absolute Gasteiger partial charge is 0.306 e. The zero-order valence-corrected chi connectivity index (χ0v) is 44.0. The second-order valence-electron chi connectivity index (χ2n) is 19.9. The van der Waals surface area contributed by atoms with Crippen molar-refractivity contribution >= 4 is 17.9 Å². The molecule has 0 spiro atoms. The van der Waals surface area contributed by atoms with Gasteiger partial charge in [0.1, 0.15) is 13.2 Å². The van der Waals surface area contributed by atoms with E-state index in [0.717, 1.165) is 57.8 Å². The molecule has 0 aliphatic rings. The Kier molecular flexibility index (Phi) is 53.2. The molecule has 1 unspecified atom stereocenters. The lowest BCUT2D eigenvalue weighted by molar-refractivity contribution is -0.167. The third kappa shape index (κ3) is 53.0. The first-order valence-corrected chi connectivity index (χ1v) is 29.2. The predicted octanol–water partition coefficient (Wildman–Crippen LogP) is 19.3. The minimum absolute atomic E-state index is 0.0663. The third-order valence-corrected chi connectivity index (χ3v) is 13.3. The maximum Gasteiger partial charge on any atom is 0.306 e. The van der Waals surface area contributed by atoms with Gasteiger partial charge in [0.2, 0.25) is 0 Å². The standard InChI is InChI=1S/C59H112O6/c1-4-7-10-13-16-19-21-23-25-27-29-30-31-33-34-36-38-40-43-46-49-52-58(61)64-55-56(54-63-57(60)51-48-45-42-18-15-12-9-6-3)65-59(62)53-50-47-44-41-39-37-35-32-28-26-24-22-20-17-14-11-8-5-2/h26,28,56H,4-25,27,29-55H2,1-3H3/b28-26-. The molecular weight excluding hydrogens is 805 g/mol. The van der Waals surface area contributed by atoms with Gasteiger partial charge in [0.25, 0.3) is 0 Å². The van der Waals surface area contributed by atoms with Crippen molar-refractivity contribution in [1.82, 2.24) is 0 Å². The molecule has 65 heavy (non-hydrogen) atoms. The molecule has 0 saturated carbocycles. The minimum Gasteiger partial charge on any atom is -0.462 e. The quantitative estimate of drug-likeness (QED) is 0.0262. The molecule has 0 heterocycles. The first kappa shape index (κ1) is 63.1. The van der Waals surface area contributed by atoms with Gasteiger partial charge in [-0.15, -0.1) is 0 Å². The van der Waals surface area contributed by atoms with Gasteiger partial charge in [0.15, 0.2) is 6.10 Å². The van der Waals surface area contributed by atoms with Gasteiger partial charge in [0.05, 0.1) is 0 Å². The first-order valence-electron chi connectivity index (χ1n) is 29.2. The summed E-state index contributed by atoms with van der Waals surface area (Å²) in [5.41, 5.74) is 0. The van der Waals surface area contributed by atoms with Gasteiger partial charge in [-0.3, -0.25) is 14.4 Å². The van der Waals surface area contributed by atoms with Gasteiger partial charge in [-0.2, -0.15) is 0 Å². The number of carbonyl (C=O) groups is 3. The molecular formula is C59H112O6. The molecule has 0 amide bonds. The fourth-order valence-corrected chi connectivity index (χ4v) is 8.85. The van der Waals surface area contributed by atoms with Crippen molar-refractivity contribution < 1.29 is 28.6 Å². The average molecular weight is 918 g/mol. The van der Waals surface area contributed by atoms with Crippen LogP contribution in [0.4, 0.5) is 0 Å². The van der Waals surface area contributed by atoms with Crippen LogP contribution in [0.15, 0.2) is 12.2 Å². The normalized spacial score (nSPS) is 12.0. The number of carbonyl (C=O) groups excluding carboxylic acids is 3. The highest BCUT2D eigenvalue weighted by Crippen LogP contribution is 2.17. The summed E-state index contributed by atoms with van der Waals surface area (Å²) in [6, 6.07) is 0. The maximum atomic E-state index is 12.8. The average Bonchev–Trinajstić information content (AvgIpc) is 3.30. The van der Waals surface area contributed by atoms with E-state index in [1.165, 1.54) is 231 Å². The lowest BCUT2D eigenvalue weighted by Crippen LogP contribution is -2.30. The number of esters is 3. The van der Waals surface area contributed by atoms with E-state index in [4.69, 9.17) is 14.2 Å². The Labute approximate surface area is 405 Å². The van der Waals surface area contributed by atoms with Crippen LogP contribution in [0.3, 0.4) is 0 Å². The van der Waals surface area contributed by atoms with Crippen molar-refractivity contribution in [3.63, 3.8) is 0 Å². The molecule has 0 aromatic heterocycles. The molecule has 0 aromatic carbocycles. The molecule has 0 radical (unpaired) electrons. The largest absolute Gasteiger partial charge is 0.462 e. The van der Waals surface area contributed by atoms with Gasteiger partial charge in [-0.1, -0.05) is 277 Å². The molecule has 0 bridgehead atoms. The Hall–Kier alpha value is -1.85. The highest BCUT2D eigenvalue weighted by atomic mass is 16.6. The van der Waals surface area contributed by atoms with Crippen LogP contribution in [0.1, 0.15) is 329 Å². The lowest BCUT2D eigenvalue weighted by Gasteiger charge is -2.18. The monoisotopic (exact) mass is 917 g/mol. The van der Waals surface area contributed by atoms with Crippen LogP contribution < -0.4 is 0 Å².